The number of imide groups is 1. The van der Waals surface area contributed by atoms with Gasteiger partial charge in [0.05, 0.1) is 7.11 Å². The van der Waals surface area contributed by atoms with Gasteiger partial charge in [0.1, 0.15) is 24.5 Å². The number of carbonyl (C=O) groups is 3. The van der Waals surface area contributed by atoms with Crippen LogP contribution in [0.3, 0.4) is 0 Å². The number of nitrogens with one attached hydrogen (secondary N) is 2. The normalized spacial score (nSPS) is 20.3. The van der Waals surface area contributed by atoms with Gasteiger partial charge < -0.3 is 19.5 Å². The maximum atomic E-state index is 12.9. The number of methoxy groups -OCH3 is 1. The maximum absolute atomic E-state index is 12.9. The standard InChI is InChI=1S/C20H19N3O6/c1-20(13-4-6-14(27-2)7-5-13)18(25)23(19(26)21-20)22-17(24)12-3-8-15-16(11-12)29-10-9-28-15/h3-8,11H,9-10H2,1-2H3,(H,21,26)(H,22,24)/t20-/m0/s1. The van der Waals surface area contributed by atoms with Crippen molar-refractivity contribution in [3.05, 3.63) is 53.6 Å². The Morgan fingerprint density at radius 1 is 1.10 bits per heavy atom. The smallest absolute Gasteiger partial charge is 0.344 e. The average Bonchev–Trinajstić information content (AvgIpc) is 2.97. The molecule has 0 bridgehead atoms. The van der Waals surface area contributed by atoms with Gasteiger partial charge in [-0.3, -0.25) is 15.0 Å². The zero-order valence-electron chi connectivity index (χ0n) is 15.9. The molecule has 0 saturated carbocycles. The quantitative estimate of drug-likeness (QED) is 0.759. The van der Waals surface area contributed by atoms with E-state index in [0.29, 0.717) is 41.0 Å². The van der Waals surface area contributed by atoms with Crippen molar-refractivity contribution in [2.24, 2.45) is 0 Å². The Labute approximate surface area is 166 Å². The van der Waals surface area contributed by atoms with E-state index >= 15 is 0 Å². The van der Waals surface area contributed by atoms with Gasteiger partial charge in [0.2, 0.25) is 0 Å². The highest BCUT2D eigenvalue weighted by atomic mass is 16.6. The highest BCUT2D eigenvalue weighted by Crippen LogP contribution is 2.32. The Kier molecular flexibility index (Phi) is 4.50. The molecule has 9 heteroatoms. The second-order valence-corrected chi connectivity index (χ2v) is 6.72. The van der Waals surface area contributed by atoms with E-state index < -0.39 is 23.4 Å². The van der Waals surface area contributed by atoms with Gasteiger partial charge in [-0.1, -0.05) is 12.1 Å². The van der Waals surface area contributed by atoms with Gasteiger partial charge >= 0.3 is 6.03 Å². The second-order valence-electron chi connectivity index (χ2n) is 6.72. The summed E-state index contributed by atoms with van der Waals surface area (Å²) in [5.74, 6) is 0.375. The third kappa shape index (κ3) is 3.20. The van der Waals surface area contributed by atoms with Crippen LogP contribution in [0.4, 0.5) is 4.79 Å². The number of urea groups is 1. The van der Waals surface area contributed by atoms with Crippen LogP contribution in [0.25, 0.3) is 0 Å². The lowest BCUT2D eigenvalue weighted by molar-refractivity contribution is -0.132. The van der Waals surface area contributed by atoms with Crippen LogP contribution in [0.5, 0.6) is 17.2 Å². The third-order valence-electron chi connectivity index (χ3n) is 4.88. The molecule has 1 atom stereocenters. The monoisotopic (exact) mass is 397 g/mol. The lowest BCUT2D eigenvalue weighted by Crippen LogP contribution is -2.47. The molecule has 2 aromatic carbocycles. The third-order valence-corrected chi connectivity index (χ3v) is 4.88. The lowest BCUT2D eigenvalue weighted by Gasteiger charge is -2.22. The SMILES string of the molecule is COc1ccc([C@]2(C)NC(=O)N(NC(=O)c3ccc4c(c3)OCCO4)C2=O)cc1. The van der Waals surface area contributed by atoms with E-state index in [9.17, 15) is 14.4 Å². The molecule has 0 spiro atoms. The molecule has 0 radical (unpaired) electrons. The Balaban J connectivity index is 1.53. The molecule has 1 fully saturated rings. The lowest BCUT2D eigenvalue weighted by atomic mass is 9.92. The molecule has 2 aromatic rings. The number of carbonyl (C=O) groups excluding carboxylic acids is 3. The molecule has 0 aromatic heterocycles. The molecule has 4 amide bonds. The summed E-state index contributed by atoms with van der Waals surface area (Å²) < 4.78 is 16.0. The molecule has 9 nitrogen and oxygen atoms in total. The molecular formula is C20H19N3O6. The van der Waals surface area contributed by atoms with E-state index in [2.05, 4.69) is 10.7 Å². The largest absolute Gasteiger partial charge is 0.497 e. The van der Waals surface area contributed by atoms with Gasteiger partial charge in [-0.2, -0.15) is 5.01 Å². The van der Waals surface area contributed by atoms with Crippen LogP contribution in [-0.2, 0) is 10.3 Å². The summed E-state index contributed by atoms with van der Waals surface area (Å²) >= 11 is 0. The van der Waals surface area contributed by atoms with Crippen molar-refractivity contribution in [3.63, 3.8) is 0 Å². The minimum Gasteiger partial charge on any atom is -0.497 e. The van der Waals surface area contributed by atoms with Crippen molar-refractivity contribution < 1.29 is 28.6 Å². The number of nitrogens with zero attached hydrogens (tertiary/aromatic N) is 1. The Morgan fingerprint density at radius 3 is 2.48 bits per heavy atom. The first-order valence-corrected chi connectivity index (χ1v) is 8.94. The van der Waals surface area contributed by atoms with E-state index in [1.807, 2.05) is 0 Å². The molecule has 2 aliphatic rings. The summed E-state index contributed by atoms with van der Waals surface area (Å²) in [4.78, 5) is 38.0. The van der Waals surface area contributed by atoms with Crippen LogP contribution in [0.1, 0.15) is 22.8 Å². The summed E-state index contributed by atoms with van der Waals surface area (Å²) in [5.41, 5.74) is 1.84. The van der Waals surface area contributed by atoms with Gasteiger partial charge in [-0.15, -0.1) is 0 Å². The van der Waals surface area contributed by atoms with Gasteiger partial charge in [-0.05, 0) is 42.8 Å². The molecular weight excluding hydrogens is 378 g/mol. The molecule has 0 aliphatic carbocycles. The Hall–Kier alpha value is -3.75. The minimum atomic E-state index is -1.32. The fraction of sp³-hybridized carbons (Fsp3) is 0.250. The van der Waals surface area contributed by atoms with Crippen molar-refractivity contribution >= 4 is 17.8 Å². The first-order valence-electron chi connectivity index (χ1n) is 8.94. The molecule has 29 heavy (non-hydrogen) atoms. The molecule has 4 rings (SSSR count). The topological polar surface area (TPSA) is 106 Å². The zero-order chi connectivity index (χ0) is 20.6. The van der Waals surface area contributed by atoms with E-state index in [1.165, 1.54) is 19.2 Å². The van der Waals surface area contributed by atoms with E-state index in [1.54, 1.807) is 37.3 Å². The number of benzene rings is 2. The molecule has 2 heterocycles. The van der Waals surface area contributed by atoms with Crippen molar-refractivity contribution in [1.29, 1.82) is 0 Å². The van der Waals surface area contributed by atoms with Crippen LogP contribution in [0.2, 0.25) is 0 Å². The Morgan fingerprint density at radius 2 is 1.79 bits per heavy atom. The molecule has 150 valence electrons. The summed E-state index contributed by atoms with van der Waals surface area (Å²) in [6.45, 7) is 2.39. The van der Waals surface area contributed by atoms with Crippen molar-refractivity contribution in [2.45, 2.75) is 12.5 Å². The maximum Gasteiger partial charge on any atom is 0.344 e. The van der Waals surface area contributed by atoms with E-state index in [0.717, 1.165) is 0 Å². The highest BCUT2D eigenvalue weighted by Gasteiger charge is 2.50. The number of hydrazine groups is 1. The molecule has 1 saturated heterocycles. The van der Waals surface area contributed by atoms with Crippen LogP contribution in [0, 0.1) is 0 Å². The first kappa shape index (κ1) is 18.6. The number of fused-ring (bicyclic) bond motifs is 1. The second kappa shape index (κ2) is 7.01. The minimum absolute atomic E-state index is 0.230. The fourth-order valence-electron chi connectivity index (χ4n) is 3.21. The number of ether oxygens (including phenoxy) is 3. The molecule has 2 N–H and O–H groups in total. The van der Waals surface area contributed by atoms with Crippen molar-refractivity contribution in [1.82, 2.24) is 15.8 Å². The summed E-state index contributed by atoms with van der Waals surface area (Å²) in [6.07, 6.45) is 0. The molecule has 0 unspecified atom stereocenters. The zero-order valence-corrected chi connectivity index (χ0v) is 15.9. The van der Waals surface area contributed by atoms with Crippen LogP contribution in [0.15, 0.2) is 42.5 Å². The van der Waals surface area contributed by atoms with Gasteiger partial charge in [-0.25, -0.2) is 4.79 Å². The number of hydrogen-bond acceptors (Lipinski definition) is 6. The Bertz CT molecular complexity index is 990. The van der Waals surface area contributed by atoms with Crippen molar-refractivity contribution in [3.8, 4) is 17.2 Å². The van der Waals surface area contributed by atoms with Crippen molar-refractivity contribution in [2.75, 3.05) is 20.3 Å². The van der Waals surface area contributed by atoms with Gasteiger partial charge in [0.15, 0.2) is 11.5 Å². The van der Waals surface area contributed by atoms with Gasteiger partial charge in [0.25, 0.3) is 11.8 Å². The molecule has 2 aliphatic heterocycles. The number of amides is 4. The fourth-order valence-corrected chi connectivity index (χ4v) is 3.21. The summed E-state index contributed by atoms with van der Waals surface area (Å²) in [6, 6.07) is 10.7. The van der Waals surface area contributed by atoms with E-state index in [4.69, 9.17) is 14.2 Å². The first-order chi connectivity index (χ1) is 13.9. The van der Waals surface area contributed by atoms with Crippen LogP contribution in [-0.4, -0.2) is 43.2 Å². The average molecular weight is 397 g/mol. The van der Waals surface area contributed by atoms with Gasteiger partial charge in [0, 0.05) is 5.56 Å². The van der Waals surface area contributed by atoms with Crippen LogP contribution < -0.4 is 25.0 Å². The summed E-state index contributed by atoms with van der Waals surface area (Å²) in [7, 11) is 1.54. The van der Waals surface area contributed by atoms with Crippen LogP contribution >= 0.6 is 0 Å². The predicted octanol–water partition coefficient (Wildman–Crippen LogP) is 1.58. The highest BCUT2D eigenvalue weighted by molar-refractivity contribution is 6.09. The predicted molar refractivity (Wildman–Crippen MR) is 101 cm³/mol. The van der Waals surface area contributed by atoms with E-state index in [-0.39, 0.29) is 5.56 Å². The number of rotatable bonds is 4. The number of hydrogen-bond donors (Lipinski definition) is 2. The summed E-state index contributed by atoms with van der Waals surface area (Å²) in [5, 5.41) is 3.31.